The zero-order valence-corrected chi connectivity index (χ0v) is 17.4. The normalized spacial score (nSPS) is 11.2. The Kier molecular flexibility index (Phi) is 10.1. The molecule has 0 fully saturated rings. The van der Waals surface area contributed by atoms with Crippen molar-refractivity contribution in [1.82, 2.24) is 0 Å². The molecule has 0 atom stereocenters. The summed E-state index contributed by atoms with van der Waals surface area (Å²) in [5.74, 6) is 0. The molecule has 0 saturated carbocycles. The van der Waals surface area contributed by atoms with Gasteiger partial charge in [0.15, 0.2) is 0 Å². The van der Waals surface area contributed by atoms with E-state index in [1.165, 1.54) is 6.92 Å². The minimum absolute atomic E-state index is 0. The van der Waals surface area contributed by atoms with E-state index in [9.17, 15) is 25.9 Å². The summed E-state index contributed by atoms with van der Waals surface area (Å²) in [6.45, 7) is 1.33. The van der Waals surface area contributed by atoms with Crippen LogP contribution in [-0.4, -0.2) is 25.9 Å². The maximum Gasteiger partial charge on any atom is 1.00 e. The molecular weight excluding hydrogens is 322 g/mol. The molecule has 0 aliphatic carbocycles. The fourth-order valence-corrected chi connectivity index (χ4v) is 2.31. The predicted molar refractivity (Wildman–Crippen MR) is 47.1 cm³/mol. The van der Waals surface area contributed by atoms with Crippen molar-refractivity contribution in [3.8, 4) is 0 Å². The quantitative estimate of drug-likeness (QED) is 0.394. The molecule has 1 aromatic carbocycles. The van der Waals surface area contributed by atoms with E-state index in [1.807, 2.05) is 0 Å². The molecule has 1 aromatic rings. The Hall–Kier alpha value is 2.31. The Bertz CT molecular complexity index is 593. The maximum absolute atomic E-state index is 10.7. The van der Waals surface area contributed by atoms with Gasteiger partial charge in [0.05, 0.1) is 9.79 Å². The number of hydrogen-bond acceptors (Lipinski definition) is 6. The molecule has 0 amide bonds. The summed E-state index contributed by atoms with van der Waals surface area (Å²) >= 11 is 0. The Morgan fingerprint density at radius 3 is 1.76 bits per heavy atom. The average molecular weight is 328 g/mol. The third-order valence-electron chi connectivity index (χ3n) is 1.72. The van der Waals surface area contributed by atoms with Crippen molar-refractivity contribution in [2.45, 2.75) is 16.7 Å². The topological polar surface area (TPSA) is 114 Å². The van der Waals surface area contributed by atoms with Gasteiger partial charge in [0.1, 0.15) is 20.2 Å². The van der Waals surface area contributed by atoms with E-state index >= 15 is 0 Å². The van der Waals surface area contributed by atoms with Crippen LogP contribution < -0.4 is 103 Å². The second kappa shape index (κ2) is 7.93. The van der Waals surface area contributed by atoms with Crippen LogP contribution in [0.4, 0.5) is 0 Å². The minimum atomic E-state index is -4.77. The number of aryl methyl sites for hydroxylation is 1. The second-order valence-electron chi connectivity index (χ2n) is 2.84. The summed E-state index contributed by atoms with van der Waals surface area (Å²) in [7, 11) is -9.53. The van der Waals surface area contributed by atoms with Crippen molar-refractivity contribution in [2.75, 3.05) is 0 Å². The molecule has 17 heavy (non-hydrogen) atoms. The minimum Gasteiger partial charge on any atom is -0.744 e. The van der Waals surface area contributed by atoms with Crippen LogP contribution >= 0.6 is 0 Å². The van der Waals surface area contributed by atoms with Gasteiger partial charge in [-0.05, 0) is 24.6 Å². The van der Waals surface area contributed by atoms with E-state index in [1.54, 1.807) is 0 Å². The molecule has 0 aliphatic heterocycles. The molecule has 84 valence electrons. The third kappa shape index (κ3) is 6.53. The Labute approximate surface area is 185 Å². The molecule has 0 unspecified atom stereocenters. The number of benzene rings is 1. The van der Waals surface area contributed by atoms with Crippen LogP contribution in [-0.2, 0) is 20.2 Å². The van der Waals surface area contributed by atoms with Gasteiger partial charge >= 0.3 is 103 Å². The van der Waals surface area contributed by atoms with E-state index in [0.29, 0.717) is 6.07 Å². The molecule has 0 saturated heterocycles. The molecule has 0 aliphatic rings. The molecule has 6 nitrogen and oxygen atoms in total. The van der Waals surface area contributed by atoms with E-state index in [4.69, 9.17) is 0 Å². The fraction of sp³-hybridized carbons (Fsp3) is 0.143. The van der Waals surface area contributed by atoms with Gasteiger partial charge in [-0.2, -0.15) is 0 Å². The summed E-state index contributed by atoms with van der Waals surface area (Å²) in [5, 5.41) is 0. The molecule has 1 rings (SSSR count). The van der Waals surface area contributed by atoms with Gasteiger partial charge in [-0.3, -0.25) is 0 Å². The van der Waals surface area contributed by atoms with Crippen molar-refractivity contribution in [1.29, 1.82) is 0 Å². The first-order valence-corrected chi connectivity index (χ1v) is 6.46. The van der Waals surface area contributed by atoms with Gasteiger partial charge < -0.3 is 9.11 Å². The van der Waals surface area contributed by atoms with Crippen molar-refractivity contribution in [3.05, 3.63) is 23.8 Å². The summed E-state index contributed by atoms with van der Waals surface area (Å²) in [6, 6.07) is 2.61. The first-order chi connectivity index (χ1) is 6.62. The van der Waals surface area contributed by atoms with Gasteiger partial charge in [0.25, 0.3) is 0 Å². The predicted octanol–water partition coefficient (Wildman–Crippen LogP) is -6.19. The van der Waals surface area contributed by atoms with Crippen LogP contribution in [0.1, 0.15) is 5.56 Å². The molecule has 0 radical (unpaired) electrons. The number of hydrogen-bond donors (Lipinski definition) is 0. The van der Waals surface area contributed by atoms with Crippen LogP contribution in [0.15, 0.2) is 28.0 Å². The van der Waals surface area contributed by atoms with E-state index in [2.05, 4.69) is 0 Å². The Morgan fingerprint density at radius 1 is 0.941 bits per heavy atom. The molecular formula is C7H6K2O6S2. The zero-order chi connectivity index (χ0) is 11.9. The molecule has 0 N–H and O–H groups in total. The van der Waals surface area contributed by atoms with Crippen LogP contribution in [0.5, 0.6) is 0 Å². The smallest absolute Gasteiger partial charge is 0.744 e. The van der Waals surface area contributed by atoms with Crippen LogP contribution in [0.2, 0.25) is 0 Å². The Morgan fingerprint density at radius 2 is 1.41 bits per heavy atom. The summed E-state index contributed by atoms with van der Waals surface area (Å²) < 4.78 is 63.8. The molecule has 0 bridgehead atoms. The number of rotatable bonds is 2. The average Bonchev–Trinajstić information content (AvgIpc) is 2.00. The van der Waals surface area contributed by atoms with Crippen LogP contribution in [0.3, 0.4) is 0 Å². The first-order valence-electron chi connectivity index (χ1n) is 3.65. The van der Waals surface area contributed by atoms with Crippen molar-refractivity contribution >= 4 is 20.2 Å². The first kappa shape index (κ1) is 21.6. The summed E-state index contributed by atoms with van der Waals surface area (Å²) in [5.41, 5.74) is 0.0948. The SMILES string of the molecule is Cc1ccc(S(=O)(=O)[O-])cc1S(=O)(=O)[O-].[K+].[K+]. The molecule has 0 aromatic heterocycles. The van der Waals surface area contributed by atoms with Gasteiger partial charge in [-0.1, -0.05) is 6.07 Å². The molecule has 0 heterocycles. The fourth-order valence-electron chi connectivity index (χ4n) is 1.01. The van der Waals surface area contributed by atoms with Gasteiger partial charge in [-0.15, -0.1) is 0 Å². The van der Waals surface area contributed by atoms with Crippen molar-refractivity contribution < 1.29 is 129 Å². The van der Waals surface area contributed by atoms with Crippen LogP contribution in [0.25, 0.3) is 0 Å². The Balaban J connectivity index is 0. The van der Waals surface area contributed by atoms with Crippen molar-refractivity contribution in [3.63, 3.8) is 0 Å². The van der Waals surface area contributed by atoms with Gasteiger partial charge in [0, 0.05) is 0 Å². The summed E-state index contributed by atoms with van der Waals surface area (Å²) in [6.07, 6.45) is 0. The molecule has 0 spiro atoms. The van der Waals surface area contributed by atoms with E-state index in [0.717, 1.165) is 12.1 Å². The van der Waals surface area contributed by atoms with Crippen LogP contribution in [0, 0.1) is 6.92 Å². The maximum atomic E-state index is 10.7. The standard InChI is InChI=1S/C7H8O6S2.2K/c1-5-2-3-6(14(8,9)10)4-7(5)15(11,12)13;;/h2-4H,1H3,(H,8,9,10)(H,11,12,13);;/q;2*+1/p-2. The monoisotopic (exact) mass is 328 g/mol. The van der Waals surface area contributed by atoms with Crippen molar-refractivity contribution in [2.24, 2.45) is 0 Å². The van der Waals surface area contributed by atoms with Gasteiger partial charge in [0.2, 0.25) is 0 Å². The summed E-state index contributed by atoms with van der Waals surface area (Å²) in [4.78, 5) is -1.43. The van der Waals surface area contributed by atoms with Gasteiger partial charge in [-0.25, -0.2) is 16.8 Å². The second-order valence-corrected chi connectivity index (χ2v) is 5.56. The molecule has 10 heteroatoms. The van der Waals surface area contributed by atoms with E-state index in [-0.39, 0.29) is 108 Å². The zero-order valence-electron chi connectivity index (χ0n) is 9.50. The van der Waals surface area contributed by atoms with E-state index < -0.39 is 30.0 Å². The largest absolute Gasteiger partial charge is 1.00 e. The third-order valence-corrected chi connectivity index (χ3v) is 3.53.